The summed E-state index contributed by atoms with van der Waals surface area (Å²) >= 11 is 6.16. The van der Waals surface area contributed by atoms with E-state index in [0.717, 1.165) is 10.9 Å². The third-order valence-electron chi connectivity index (χ3n) is 5.12. The van der Waals surface area contributed by atoms with Crippen LogP contribution in [0.15, 0.2) is 53.4 Å². The monoisotopic (exact) mass is 447 g/mol. The van der Waals surface area contributed by atoms with E-state index in [9.17, 15) is 13.5 Å². The Labute approximate surface area is 179 Å². The van der Waals surface area contributed by atoms with Gasteiger partial charge in [-0.1, -0.05) is 29.8 Å². The number of fused-ring (bicyclic) bond motifs is 2. The molecule has 0 amide bonds. The molecule has 158 valence electrons. The Hall–Kier alpha value is -2.39. The fourth-order valence-corrected chi connectivity index (χ4v) is 5.21. The third kappa shape index (κ3) is 4.22. The van der Waals surface area contributed by atoms with Crippen LogP contribution in [0, 0.1) is 0 Å². The number of rotatable bonds is 5. The molecule has 1 aliphatic rings. The highest BCUT2D eigenvalue weighted by Crippen LogP contribution is 2.32. The number of aliphatic hydroxyl groups is 2. The first-order valence-electron chi connectivity index (χ1n) is 9.56. The Kier molecular flexibility index (Phi) is 5.84. The highest BCUT2D eigenvalue weighted by atomic mass is 35.5. The Balaban J connectivity index is 1.76. The van der Waals surface area contributed by atoms with Gasteiger partial charge in [0.1, 0.15) is 5.82 Å². The van der Waals surface area contributed by atoms with Crippen LogP contribution in [0.4, 0.5) is 11.5 Å². The van der Waals surface area contributed by atoms with Gasteiger partial charge >= 0.3 is 0 Å². The number of aliphatic hydroxyl groups excluding tert-OH is 2. The third-order valence-corrected chi connectivity index (χ3v) is 7.14. The first-order valence-corrected chi connectivity index (χ1v) is 11.6. The summed E-state index contributed by atoms with van der Waals surface area (Å²) in [6, 6.07) is 14.2. The van der Waals surface area contributed by atoms with Gasteiger partial charge in [0.2, 0.25) is 0 Å². The van der Waals surface area contributed by atoms with Gasteiger partial charge in [-0.3, -0.25) is 0 Å². The number of nitrogens with zero attached hydrogens (tertiary/aromatic N) is 2. The van der Waals surface area contributed by atoms with E-state index in [1.165, 1.54) is 0 Å². The van der Waals surface area contributed by atoms with Gasteiger partial charge in [-0.2, -0.15) is 0 Å². The second-order valence-corrected chi connectivity index (χ2v) is 9.77. The van der Waals surface area contributed by atoms with Crippen molar-refractivity contribution in [3.63, 3.8) is 0 Å². The second-order valence-electron chi connectivity index (χ2n) is 7.25. The molecule has 2 aromatic carbocycles. The Morgan fingerprint density at radius 3 is 2.80 bits per heavy atom. The highest BCUT2D eigenvalue weighted by Gasteiger charge is 2.26. The molecule has 30 heavy (non-hydrogen) atoms. The first-order chi connectivity index (χ1) is 14.4. The lowest BCUT2D eigenvalue weighted by atomic mass is 10.1. The predicted molar refractivity (Wildman–Crippen MR) is 118 cm³/mol. The zero-order chi connectivity index (χ0) is 21.3. The van der Waals surface area contributed by atoms with E-state index >= 15 is 0 Å². The van der Waals surface area contributed by atoms with Crippen LogP contribution in [0.25, 0.3) is 10.9 Å². The van der Waals surface area contributed by atoms with Crippen LogP contribution < -0.4 is 10.2 Å². The van der Waals surface area contributed by atoms with E-state index in [1.54, 1.807) is 30.3 Å². The SMILES string of the molecule is O=S1(=O)CCN(c2cc(NCC(O)CO)c3cc(Cl)ccc3n2)Cc2ccccc21. The molecule has 0 aliphatic carbocycles. The highest BCUT2D eigenvalue weighted by molar-refractivity contribution is 7.91. The van der Waals surface area contributed by atoms with Crippen molar-refractivity contribution in [1.82, 2.24) is 4.98 Å². The molecule has 2 heterocycles. The van der Waals surface area contributed by atoms with Gasteiger partial charge in [-0.15, -0.1) is 0 Å². The van der Waals surface area contributed by atoms with Crippen molar-refractivity contribution < 1.29 is 18.6 Å². The molecule has 9 heteroatoms. The summed E-state index contributed by atoms with van der Waals surface area (Å²) in [6.45, 7) is 0.519. The number of benzene rings is 2. The van der Waals surface area contributed by atoms with E-state index < -0.39 is 15.9 Å². The molecule has 1 atom stereocenters. The van der Waals surface area contributed by atoms with Gasteiger partial charge in [0.05, 0.1) is 28.9 Å². The lowest BCUT2D eigenvalue weighted by Gasteiger charge is -2.23. The van der Waals surface area contributed by atoms with E-state index in [0.29, 0.717) is 40.0 Å². The van der Waals surface area contributed by atoms with Crippen molar-refractivity contribution in [3.05, 3.63) is 59.1 Å². The number of sulfone groups is 1. The average Bonchev–Trinajstić information content (AvgIpc) is 2.88. The predicted octanol–water partition coefficient (Wildman–Crippen LogP) is 2.45. The van der Waals surface area contributed by atoms with Gasteiger partial charge in [0.25, 0.3) is 0 Å². The van der Waals surface area contributed by atoms with Crippen LogP contribution >= 0.6 is 11.6 Å². The number of aromatic nitrogens is 1. The molecule has 7 nitrogen and oxygen atoms in total. The molecule has 0 bridgehead atoms. The minimum Gasteiger partial charge on any atom is -0.394 e. The number of pyridine rings is 1. The molecule has 4 rings (SSSR count). The maximum absolute atomic E-state index is 12.7. The van der Waals surface area contributed by atoms with Crippen LogP contribution in [-0.2, 0) is 16.4 Å². The molecule has 3 aromatic rings. The molecule has 1 unspecified atom stereocenters. The van der Waals surface area contributed by atoms with E-state index in [-0.39, 0.29) is 18.9 Å². The second kappa shape index (κ2) is 8.39. The first kappa shape index (κ1) is 20.9. The van der Waals surface area contributed by atoms with Crippen molar-refractivity contribution >= 4 is 43.8 Å². The molecule has 0 saturated carbocycles. The molecule has 1 aromatic heterocycles. The molecule has 0 saturated heterocycles. The van der Waals surface area contributed by atoms with Crippen molar-refractivity contribution in [2.75, 3.05) is 35.7 Å². The number of anilines is 2. The summed E-state index contributed by atoms with van der Waals surface area (Å²) in [5, 5.41) is 23.3. The standard InChI is InChI=1S/C21H22ClN3O4S/c22-15-5-6-18-17(9-15)19(23-11-16(27)13-26)10-21(24-18)25-7-8-30(28,29)20-4-2-1-3-14(20)12-25/h1-6,9-10,16,26-27H,7-8,11-13H2,(H,23,24). The molecular formula is C21H22ClN3O4S. The van der Waals surface area contributed by atoms with Crippen molar-refractivity contribution in [2.24, 2.45) is 0 Å². The van der Waals surface area contributed by atoms with Crippen LogP contribution in [-0.4, -0.2) is 55.2 Å². The number of halogens is 1. The normalized spacial score (nSPS) is 16.7. The minimum atomic E-state index is -3.37. The summed E-state index contributed by atoms with van der Waals surface area (Å²) in [7, 11) is -3.37. The van der Waals surface area contributed by atoms with Crippen LogP contribution in [0.2, 0.25) is 5.02 Å². The molecule has 0 fully saturated rings. The van der Waals surface area contributed by atoms with Crippen LogP contribution in [0.3, 0.4) is 0 Å². The fraction of sp³-hybridized carbons (Fsp3) is 0.286. The summed E-state index contributed by atoms with van der Waals surface area (Å²) < 4.78 is 25.3. The van der Waals surface area contributed by atoms with E-state index in [4.69, 9.17) is 21.7 Å². The Morgan fingerprint density at radius 2 is 2.00 bits per heavy atom. The Bertz CT molecular complexity index is 1190. The fourth-order valence-electron chi connectivity index (χ4n) is 3.54. The van der Waals surface area contributed by atoms with Crippen LogP contribution in [0.1, 0.15) is 5.56 Å². The molecule has 0 spiro atoms. The van der Waals surface area contributed by atoms with Gasteiger partial charge in [-0.25, -0.2) is 13.4 Å². The summed E-state index contributed by atoms with van der Waals surface area (Å²) in [5.74, 6) is 0.619. The molecule has 0 radical (unpaired) electrons. The van der Waals surface area contributed by atoms with Crippen molar-refractivity contribution in [3.8, 4) is 0 Å². The zero-order valence-electron chi connectivity index (χ0n) is 16.1. The maximum Gasteiger partial charge on any atom is 0.180 e. The number of hydrogen-bond donors (Lipinski definition) is 3. The molecular weight excluding hydrogens is 426 g/mol. The summed E-state index contributed by atoms with van der Waals surface area (Å²) in [4.78, 5) is 7.03. The smallest absolute Gasteiger partial charge is 0.180 e. The van der Waals surface area contributed by atoms with Gasteiger partial charge < -0.3 is 20.4 Å². The molecule has 1 aliphatic heterocycles. The van der Waals surface area contributed by atoms with Gasteiger partial charge in [0, 0.05) is 41.8 Å². The van der Waals surface area contributed by atoms with Crippen molar-refractivity contribution in [2.45, 2.75) is 17.5 Å². The quantitative estimate of drug-likeness (QED) is 0.552. The van der Waals surface area contributed by atoms with Crippen LogP contribution in [0.5, 0.6) is 0 Å². The van der Waals surface area contributed by atoms with E-state index in [2.05, 4.69) is 5.32 Å². The lowest BCUT2D eigenvalue weighted by Crippen LogP contribution is -2.27. The number of nitrogens with one attached hydrogen (secondary N) is 1. The molecule has 3 N–H and O–H groups in total. The topological polar surface area (TPSA) is 103 Å². The largest absolute Gasteiger partial charge is 0.394 e. The van der Waals surface area contributed by atoms with Gasteiger partial charge in [-0.05, 0) is 29.8 Å². The van der Waals surface area contributed by atoms with E-state index in [1.807, 2.05) is 23.1 Å². The average molecular weight is 448 g/mol. The maximum atomic E-state index is 12.7. The lowest BCUT2D eigenvalue weighted by molar-refractivity contribution is 0.105. The summed E-state index contributed by atoms with van der Waals surface area (Å²) in [6.07, 6.45) is -0.911. The van der Waals surface area contributed by atoms with Gasteiger partial charge in [0.15, 0.2) is 9.84 Å². The minimum absolute atomic E-state index is 0.00363. The number of hydrogen-bond acceptors (Lipinski definition) is 7. The summed E-state index contributed by atoms with van der Waals surface area (Å²) in [5.41, 5.74) is 2.13. The van der Waals surface area contributed by atoms with Crippen molar-refractivity contribution in [1.29, 1.82) is 0 Å². The zero-order valence-corrected chi connectivity index (χ0v) is 17.7. The Morgan fingerprint density at radius 1 is 1.20 bits per heavy atom.